The monoisotopic (exact) mass is 292 g/mol. The standard InChI is InChI=1S/C17H15F3O/c1-12-8-13(2)10-15(9-12)16(11-21-17(18,19)20)14-6-4-3-5-7-14/h3-11H,1-2H3/b16-11+. The molecule has 0 unspecified atom stereocenters. The summed E-state index contributed by atoms with van der Waals surface area (Å²) in [6.45, 7) is 3.81. The molecule has 0 N–H and O–H groups in total. The van der Waals surface area contributed by atoms with E-state index in [1.54, 1.807) is 24.3 Å². The normalized spacial score (nSPS) is 12.3. The van der Waals surface area contributed by atoms with Crippen molar-refractivity contribution in [3.63, 3.8) is 0 Å². The Morgan fingerprint density at radius 1 is 0.905 bits per heavy atom. The lowest BCUT2D eigenvalue weighted by Crippen LogP contribution is -2.09. The number of benzene rings is 2. The van der Waals surface area contributed by atoms with E-state index in [-0.39, 0.29) is 0 Å². The predicted octanol–water partition coefficient (Wildman–Crippen LogP) is 5.23. The molecule has 0 spiro atoms. The topological polar surface area (TPSA) is 9.23 Å². The zero-order chi connectivity index (χ0) is 15.5. The van der Waals surface area contributed by atoms with Gasteiger partial charge in [-0.1, -0.05) is 59.7 Å². The number of halogens is 3. The minimum absolute atomic E-state index is 0.403. The van der Waals surface area contributed by atoms with Crippen LogP contribution >= 0.6 is 0 Å². The van der Waals surface area contributed by atoms with Crippen LogP contribution in [0.4, 0.5) is 13.2 Å². The van der Waals surface area contributed by atoms with Crippen LogP contribution in [0.25, 0.3) is 5.57 Å². The summed E-state index contributed by atoms with van der Waals surface area (Å²) in [6.07, 6.45) is -3.93. The van der Waals surface area contributed by atoms with E-state index in [4.69, 9.17) is 0 Å². The highest BCUT2D eigenvalue weighted by Crippen LogP contribution is 2.27. The number of hydrogen-bond donors (Lipinski definition) is 0. The van der Waals surface area contributed by atoms with Crippen molar-refractivity contribution in [2.24, 2.45) is 0 Å². The number of alkyl halides is 3. The molecule has 0 atom stereocenters. The van der Waals surface area contributed by atoms with Gasteiger partial charge in [0.05, 0.1) is 0 Å². The Kier molecular flexibility index (Phi) is 4.36. The Hall–Kier alpha value is -2.23. The smallest absolute Gasteiger partial charge is 0.413 e. The molecule has 2 rings (SSSR count). The maximum Gasteiger partial charge on any atom is 0.572 e. The molecule has 0 amide bonds. The molecule has 110 valence electrons. The molecule has 0 bridgehead atoms. The summed E-state index contributed by atoms with van der Waals surface area (Å²) in [4.78, 5) is 0. The Labute approximate surface area is 121 Å². The van der Waals surface area contributed by atoms with E-state index in [1.807, 2.05) is 38.1 Å². The first kappa shape index (κ1) is 15.2. The van der Waals surface area contributed by atoms with Crippen molar-refractivity contribution in [1.29, 1.82) is 0 Å². The Morgan fingerprint density at radius 2 is 1.48 bits per heavy atom. The van der Waals surface area contributed by atoms with Crippen LogP contribution in [0.1, 0.15) is 22.3 Å². The van der Waals surface area contributed by atoms with Gasteiger partial charge in [0.25, 0.3) is 0 Å². The Bertz CT molecular complexity index is 623. The first-order chi connectivity index (χ1) is 9.85. The average Bonchev–Trinajstić information content (AvgIpc) is 2.37. The van der Waals surface area contributed by atoms with Gasteiger partial charge in [0.1, 0.15) is 6.26 Å². The van der Waals surface area contributed by atoms with Crippen LogP contribution < -0.4 is 0 Å². The number of hydrogen-bond acceptors (Lipinski definition) is 1. The lowest BCUT2D eigenvalue weighted by molar-refractivity contribution is -0.297. The zero-order valence-corrected chi connectivity index (χ0v) is 11.7. The highest BCUT2D eigenvalue weighted by Gasteiger charge is 2.29. The van der Waals surface area contributed by atoms with E-state index in [0.29, 0.717) is 16.7 Å². The van der Waals surface area contributed by atoms with Crippen molar-refractivity contribution < 1.29 is 17.9 Å². The summed E-state index contributed by atoms with van der Waals surface area (Å²) in [5.74, 6) is 0. The van der Waals surface area contributed by atoms with Gasteiger partial charge in [-0.15, -0.1) is 13.2 Å². The molecule has 0 aliphatic rings. The number of rotatable bonds is 3. The van der Waals surface area contributed by atoms with Crippen molar-refractivity contribution in [3.05, 3.63) is 77.0 Å². The quantitative estimate of drug-likeness (QED) is 0.704. The second-order valence-corrected chi connectivity index (χ2v) is 4.84. The van der Waals surface area contributed by atoms with Crippen molar-refractivity contribution in [1.82, 2.24) is 0 Å². The van der Waals surface area contributed by atoms with Crippen LogP contribution in [0.2, 0.25) is 0 Å². The third kappa shape index (κ3) is 4.38. The van der Waals surface area contributed by atoms with Gasteiger partial charge in [0.15, 0.2) is 0 Å². The summed E-state index contributed by atoms with van der Waals surface area (Å²) in [5.41, 5.74) is 3.74. The summed E-state index contributed by atoms with van der Waals surface area (Å²) < 4.78 is 40.9. The van der Waals surface area contributed by atoms with Crippen LogP contribution in [0, 0.1) is 13.8 Å². The number of ether oxygens (including phenoxy) is 1. The molecular weight excluding hydrogens is 277 g/mol. The first-order valence-electron chi connectivity index (χ1n) is 6.44. The van der Waals surface area contributed by atoms with Crippen LogP contribution in [0.3, 0.4) is 0 Å². The molecule has 0 aliphatic heterocycles. The average molecular weight is 292 g/mol. The summed E-state index contributed by atoms with van der Waals surface area (Å²) in [7, 11) is 0. The largest absolute Gasteiger partial charge is 0.572 e. The SMILES string of the molecule is Cc1cc(C)cc(/C(=C/OC(F)(F)F)c2ccccc2)c1. The molecule has 21 heavy (non-hydrogen) atoms. The Balaban J connectivity index is 2.50. The fraction of sp³-hybridized carbons (Fsp3) is 0.176. The van der Waals surface area contributed by atoms with Crippen molar-refractivity contribution >= 4 is 5.57 Å². The van der Waals surface area contributed by atoms with Gasteiger partial charge in [0.2, 0.25) is 0 Å². The maximum absolute atomic E-state index is 12.3. The van der Waals surface area contributed by atoms with Gasteiger partial charge in [0, 0.05) is 5.57 Å². The van der Waals surface area contributed by atoms with E-state index < -0.39 is 6.36 Å². The van der Waals surface area contributed by atoms with E-state index in [9.17, 15) is 13.2 Å². The highest BCUT2D eigenvalue weighted by atomic mass is 19.4. The number of aryl methyl sites for hydroxylation is 2. The molecule has 0 heterocycles. The third-order valence-electron chi connectivity index (χ3n) is 2.93. The fourth-order valence-electron chi connectivity index (χ4n) is 2.18. The molecular formula is C17H15F3O. The molecule has 2 aromatic rings. The van der Waals surface area contributed by atoms with Crippen molar-refractivity contribution in [3.8, 4) is 0 Å². The van der Waals surface area contributed by atoms with E-state index in [2.05, 4.69) is 4.74 Å². The summed E-state index contributed by atoms with van der Waals surface area (Å²) >= 11 is 0. The van der Waals surface area contributed by atoms with E-state index in [0.717, 1.165) is 17.4 Å². The minimum Gasteiger partial charge on any atom is -0.413 e. The summed E-state index contributed by atoms with van der Waals surface area (Å²) in [5, 5.41) is 0. The second kappa shape index (κ2) is 6.04. The van der Waals surface area contributed by atoms with Gasteiger partial charge in [-0.3, -0.25) is 0 Å². The van der Waals surface area contributed by atoms with Crippen LogP contribution in [0.5, 0.6) is 0 Å². The predicted molar refractivity (Wildman–Crippen MR) is 76.6 cm³/mol. The molecule has 0 aromatic heterocycles. The van der Waals surface area contributed by atoms with Gasteiger partial charge in [-0.05, 0) is 25.0 Å². The molecule has 2 aromatic carbocycles. The Morgan fingerprint density at radius 3 is 2.00 bits per heavy atom. The minimum atomic E-state index is -4.70. The van der Waals surface area contributed by atoms with Crippen molar-refractivity contribution in [2.75, 3.05) is 0 Å². The molecule has 0 aliphatic carbocycles. The molecule has 1 nitrogen and oxygen atoms in total. The van der Waals surface area contributed by atoms with Crippen LogP contribution in [0.15, 0.2) is 54.8 Å². The van der Waals surface area contributed by atoms with E-state index in [1.165, 1.54) is 0 Å². The van der Waals surface area contributed by atoms with E-state index >= 15 is 0 Å². The zero-order valence-electron chi connectivity index (χ0n) is 11.7. The van der Waals surface area contributed by atoms with Gasteiger partial charge in [-0.2, -0.15) is 0 Å². The second-order valence-electron chi connectivity index (χ2n) is 4.84. The lowest BCUT2D eigenvalue weighted by Gasteiger charge is -2.12. The highest BCUT2D eigenvalue weighted by molar-refractivity contribution is 5.79. The molecule has 4 heteroatoms. The third-order valence-corrected chi connectivity index (χ3v) is 2.93. The summed E-state index contributed by atoms with van der Waals surface area (Å²) in [6, 6.07) is 14.5. The van der Waals surface area contributed by atoms with Gasteiger partial charge >= 0.3 is 6.36 Å². The first-order valence-corrected chi connectivity index (χ1v) is 6.44. The van der Waals surface area contributed by atoms with Crippen molar-refractivity contribution in [2.45, 2.75) is 20.2 Å². The molecule has 0 saturated carbocycles. The maximum atomic E-state index is 12.3. The fourth-order valence-corrected chi connectivity index (χ4v) is 2.18. The van der Waals surface area contributed by atoms with Gasteiger partial charge < -0.3 is 4.74 Å². The molecule has 0 saturated heterocycles. The molecule has 0 fully saturated rings. The molecule has 0 radical (unpaired) electrons. The lowest BCUT2D eigenvalue weighted by atomic mass is 9.96. The van der Waals surface area contributed by atoms with Crippen LogP contribution in [-0.4, -0.2) is 6.36 Å². The van der Waals surface area contributed by atoms with Crippen LogP contribution in [-0.2, 0) is 4.74 Å². The van der Waals surface area contributed by atoms with Gasteiger partial charge in [-0.25, -0.2) is 0 Å².